The Labute approximate surface area is 291 Å². The van der Waals surface area contributed by atoms with Crippen LogP contribution >= 0.6 is 46.6 Å². The minimum atomic E-state index is -2.03. The van der Waals surface area contributed by atoms with E-state index in [9.17, 15) is 9.90 Å². The van der Waals surface area contributed by atoms with Gasteiger partial charge in [0.05, 0.1) is 24.5 Å². The molecule has 3 atom stereocenters. The van der Waals surface area contributed by atoms with Crippen molar-refractivity contribution in [2.45, 2.75) is 47.0 Å². The third kappa shape index (κ3) is 8.52. The smallest absolute Gasteiger partial charge is 0.272 e. The first-order chi connectivity index (χ1) is 22.8. The number of aliphatic hydroxyl groups excluding tert-OH is 1. The molecule has 0 saturated carbocycles. The van der Waals surface area contributed by atoms with E-state index in [-0.39, 0.29) is 25.4 Å². The van der Waals surface area contributed by atoms with Gasteiger partial charge in [-0.25, -0.2) is 0 Å². The molecule has 5 aromatic rings. The molecule has 1 saturated heterocycles. The molecule has 1 aromatic heterocycles. The van der Waals surface area contributed by atoms with E-state index in [1.165, 1.54) is 11.8 Å². The highest BCUT2D eigenvalue weighted by Gasteiger charge is 2.33. The summed E-state index contributed by atoms with van der Waals surface area (Å²) in [6.07, 6.45) is -0.452. The number of carbonyl (C=O) groups excluding carboxylic acids is 1. The number of nitrogens with one attached hydrogen (secondary N) is 1. The summed E-state index contributed by atoms with van der Waals surface area (Å²) in [4.78, 5) is 12.0. The van der Waals surface area contributed by atoms with Crippen molar-refractivity contribution in [3.63, 3.8) is 0 Å². The Balaban J connectivity index is 1.22. The van der Waals surface area contributed by atoms with Crippen molar-refractivity contribution in [2.75, 3.05) is 5.75 Å². The summed E-state index contributed by atoms with van der Waals surface area (Å²) in [5.74, 6) is -0.0914. The highest BCUT2D eigenvalue weighted by molar-refractivity contribution is 7.99. The predicted octanol–water partition coefficient (Wildman–Crippen LogP) is 7.15. The van der Waals surface area contributed by atoms with Crippen LogP contribution in [0.1, 0.15) is 41.1 Å². The predicted molar refractivity (Wildman–Crippen MR) is 182 cm³/mol. The molecule has 6 rings (SSSR count). The number of halogens is 3. The minimum Gasteiger partial charge on any atom is -0.392 e. The fourth-order valence-corrected chi connectivity index (χ4v) is 6.31. The maximum Gasteiger partial charge on any atom is 0.272 e. The second-order valence-electron chi connectivity index (χ2n) is 10.9. The van der Waals surface area contributed by atoms with Crippen LogP contribution in [-0.2, 0) is 27.4 Å². The van der Waals surface area contributed by atoms with Crippen LogP contribution in [0.5, 0.6) is 0 Å². The lowest BCUT2D eigenvalue weighted by Crippen LogP contribution is -2.33. The van der Waals surface area contributed by atoms with Gasteiger partial charge in [-0.1, -0.05) is 125 Å². The standard InChI is InChI=1S/C34H30Cl3N5O4S/c35-34(36,37)32(44)38-19-23-6-4-7-25(16-23)26-8-5-9-27(17-26)31-45-29(18-30(46-31)24-14-12-22(20-43)13-15-24)21-47-33-39-40-41-42(33)28-10-2-1-3-11-28/h1-17,29-31,43H,18-21H2,(H,38,44)/t29-,30+,31+/m0/s1. The molecule has 9 nitrogen and oxygen atoms in total. The average Bonchev–Trinajstić information content (AvgIpc) is 3.58. The fourth-order valence-electron chi connectivity index (χ4n) is 5.20. The summed E-state index contributed by atoms with van der Waals surface area (Å²) in [5.41, 5.74) is 6.31. The van der Waals surface area contributed by atoms with Crippen LogP contribution in [0.25, 0.3) is 16.8 Å². The van der Waals surface area contributed by atoms with Gasteiger partial charge in [0.1, 0.15) is 0 Å². The monoisotopic (exact) mass is 709 g/mol. The van der Waals surface area contributed by atoms with Crippen LogP contribution in [0, 0.1) is 0 Å². The number of carbonyl (C=O) groups is 1. The zero-order valence-electron chi connectivity index (χ0n) is 24.9. The number of ether oxygens (including phenoxy) is 2. The van der Waals surface area contributed by atoms with Gasteiger partial charge in [-0.2, -0.15) is 4.68 Å². The zero-order chi connectivity index (χ0) is 32.8. The lowest BCUT2D eigenvalue weighted by Gasteiger charge is -2.36. The van der Waals surface area contributed by atoms with E-state index in [1.54, 1.807) is 4.68 Å². The zero-order valence-corrected chi connectivity index (χ0v) is 28.0. The molecular formula is C34H30Cl3N5O4S. The molecule has 1 fully saturated rings. The van der Waals surface area contributed by atoms with Crippen molar-refractivity contribution in [3.8, 4) is 16.8 Å². The first kappa shape index (κ1) is 33.4. The number of amides is 1. The van der Waals surface area contributed by atoms with E-state index in [0.717, 1.165) is 39.1 Å². The molecule has 13 heteroatoms. The van der Waals surface area contributed by atoms with Crippen molar-refractivity contribution in [1.82, 2.24) is 25.5 Å². The number of tetrazole rings is 1. The topological polar surface area (TPSA) is 111 Å². The van der Waals surface area contributed by atoms with E-state index < -0.39 is 16.0 Å². The van der Waals surface area contributed by atoms with Crippen LogP contribution < -0.4 is 5.32 Å². The van der Waals surface area contributed by atoms with E-state index >= 15 is 0 Å². The molecule has 2 N–H and O–H groups in total. The maximum absolute atomic E-state index is 12.0. The van der Waals surface area contributed by atoms with E-state index in [1.807, 2.05) is 103 Å². The van der Waals surface area contributed by atoms with Gasteiger partial charge >= 0.3 is 0 Å². The molecule has 1 aliphatic heterocycles. The van der Waals surface area contributed by atoms with Gasteiger partial charge in [-0.3, -0.25) is 4.79 Å². The number of aliphatic hydroxyl groups is 1. The van der Waals surface area contributed by atoms with Gasteiger partial charge in [0, 0.05) is 24.3 Å². The molecule has 0 unspecified atom stereocenters. The highest BCUT2D eigenvalue weighted by atomic mass is 35.6. The lowest BCUT2D eigenvalue weighted by atomic mass is 9.99. The van der Waals surface area contributed by atoms with Gasteiger partial charge in [0.2, 0.25) is 5.16 Å². The SMILES string of the molecule is O=C(NCc1cccc(-c2cccc([C@@H]3O[C@H](CSc4nnnn4-c4ccccc4)C[C@H](c4ccc(CO)cc4)O3)c2)c1)C(Cl)(Cl)Cl. The van der Waals surface area contributed by atoms with Crippen LogP contribution in [0.4, 0.5) is 0 Å². The highest BCUT2D eigenvalue weighted by Crippen LogP contribution is 2.40. The van der Waals surface area contributed by atoms with Crippen LogP contribution in [0.3, 0.4) is 0 Å². The van der Waals surface area contributed by atoms with Gasteiger partial charge in [0.15, 0.2) is 6.29 Å². The number of alkyl halides is 3. The minimum absolute atomic E-state index is 0.0276. The van der Waals surface area contributed by atoms with E-state index in [4.69, 9.17) is 44.3 Å². The Morgan fingerprint density at radius 1 is 0.894 bits per heavy atom. The van der Waals surface area contributed by atoms with Gasteiger partial charge in [-0.05, 0) is 62.5 Å². The van der Waals surface area contributed by atoms with Crippen LogP contribution in [0.15, 0.2) is 108 Å². The maximum atomic E-state index is 12.0. The molecule has 1 aliphatic rings. The van der Waals surface area contributed by atoms with Crippen molar-refractivity contribution >= 4 is 52.5 Å². The average molecular weight is 711 g/mol. The molecule has 0 radical (unpaired) electrons. The van der Waals surface area contributed by atoms with Gasteiger partial charge < -0.3 is 19.9 Å². The van der Waals surface area contributed by atoms with Crippen molar-refractivity contribution in [1.29, 1.82) is 0 Å². The Morgan fingerprint density at radius 3 is 2.38 bits per heavy atom. The molecule has 0 spiro atoms. The normalized spacial score (nSPS) is 18.2. The molecule has 4 aromatic carbocycles. The summed E-state index contributed by atoms with van der Waals surface area (Å²) in [6.45, 7) is 0.180. The first-order valence-electron chi connectivity index (χ1n) is 14.8. The fraction of sp³-hybridized carbons (Fsp3) is 0.235. The number of hydrogen-bond acceptors (Lipinski definition) is 8. The third-order valence-corrected chi connectivity index (χ3v) is 9.15. The molecule has 2 heterocycles. The molecule has 47 heavy (non-hydrogen) atoms. The first-order valence-corrected chi connectivity index (χ1v) is 16.9. The summed E-state index contributed by atoms with van der Waals surface area (Å²) < 4.78 is 12.8. The number of benzene rings is 4. The molecular weight excluding hydrogens is 681 g/mol. The van der Waals surface area contributed by atoms with Crippen molar-refractivity contribution < 1.29 is 19.4 Å². The van der Waals surface area contributed by atoms with E-state index in [0.29, 0.717) is 17.3 Å². The Hall–Kier alpha value is -3.48. The lowest BCUT2D eigenvalue weighted by molar-refractivity contribution is -0.245. The van der Waals surface area contributed by atoms with Crippen molar-refractivity contribution in [2.24, 2.45) is 0 Å². The Bertz CT molecular complexity index is 1800. The molecule has 1 amide bonds. The van der Waals surface area contributed by atoms with Crippen LogP contribution in [-0.4, -0.2) is 46.9 Å². The Kier molecular flexibility index (Phi) is 10.8. The quantitative estimate of drug-likeness (QED) is 0.116. The molecule has 0 aliphatic carbocycles. The summed E-state index contributed by atoms with van der Waals surface area (Å²) in [5, 5.41) is 25.2. The number of hydrogen-bond donors (Lipinski definition) is 2. The van der Waals surface area contributed by atoms with E-state index in [2.05, 4.69) is 20.8 Å². The van der Waals surface area contributed by atoms with Crippen LogP contribution in [0.2, 0.25) is 0 Å². The number of para-hydroxylation sites is 1. The van der Waals surface area contributed by atoms with Gasteiger partial charge in [-0.15, -0.1) is 5.10 Å². The summed E-state index contributed by atoms with van der Waals surface area (Å²) >= 11 is 18.6. The largest absolute Gasteiger partial charge is 0.392 e. The second kappa shape index (κ2) is 15.2. The number of nitrogens with zero attached hydrogens (tertiary/aromatic N) is 4. The molecule has 0 bridgehead atoms. The second-order valence-corrected chi connectivity index (χ2v) is 14.1. The van der Waals surface area contributed by atoms with Crippen molar-refractivity contribution in [3.05, 3.63) is 125 Å². The Morgan fingerprint density at radius 2 is 1.64 bits per heavy atom. The summed E-state index contributed by atoms with van der Waals surface area (Å²) in [6, 6.07) is 33.3. The number of aromatic nitrogens is 4. The number of rotatable bonds is 10. The summed E-state index contributed by atoms with van der Waals surface area (Å²) in [7, 11) is 0. The van der Waals surface area contributed by atoms with Gasteiger partial charge in [0.25, 0.3) is 9.70 Å². The number of thioether (sulfide) groups is 1. The molecule has 242 valence electrons. The third-order valence-electron chi connectivity index (χ3n) is 7.58.